The van der Waals surface area contributed by atoms with E-state index < -0.39 is 59.4 Å². The summed E-state index contributed by atoms with van der Waals surface area (Å²) in [5.41, 5.74) is 2.85. The summed E-state index contributed by atoms with van der Waals surface area (Å²) in [6.07, 6.45) is -9.05. The minimum Gasteiger partial charge on any atom is -0.388 e. The molecule has 0 aliphatic carbocycles. The molecule has 2 nitrogen and oxygen atoms in total. The topological polar surface area (TPSA) is 46.2 Å². The smallest absolute Gasteiger partial charge is 0.388 e. The number of halogens is 9. The third-order valence-electron chi connectivity index (χ3n) is 2.47. The molecule has 11 heteroatoms. The molecule has 0 heterocycles. The summed E-state index contributed by atoms with van der Waals surface area (Å²) in [6, 6.07) is -2.69. The third-order valence-corrected chi connectivity index (χ3v) is 2.47. The number of nitrogens with two attached hydrogens (primary N) is 1. The second kappa shape index (κ2) is 6.75. The summed E-state index contributed by atoms with van der Waals surface area (Å²) >= 11 is 0. The van der Waals surface area contributed by atoms with Gasteiger partial charge >= 0.3 is 6.18 Å². The summed E-state index contributed by atoms with van der Waals surface area (Å²) in [4.78, 5) is 0. The Labute approximate surface area is 119 Å². The van der Waals surface area contributed by atoms with Crippen LogP contribution in [0.4, 0.5) is 35.1 Å². The molecule has 0 aliphatic heterocycles. The Morgan fingerprint density at radius 2 is 1.19 bits per heavy atom. The zero-order valence-corrected chi connectivity index (χ0v) is 10.6. The number of aliphatic hydroxyl groups excluding tert-OH is 1. The highest BCUT2D eigenvalue weighted by molar-refractivity contribution is 5.85. The van der Waals surface area contributed by atoms with Crippen LogP contribution in [0.2, 0.25) is 0 Å². The highest BCUT2D eigenvalue weighted by Crippen LogP contribution is 2.32. The molecule has 2 atom stereocenters. The summed E-state index contributed by atoms with van der Waals surface area (Å²) in [5, 5.41) is 9.24. The predicted octanol–water partition coefficient (Wildman–Crippen LogP) is 3.12. The molecule has 0 aromatic heterocycles. The molecule has 0 spiro atoms. The molecule has 0 saturated carbocycles. The molecule has 0 fully saturated rings. The van der Waals surface area contributed by atoms with Crippen molar-refractivity contribution in [1.29, 1.82) is 0 Å². The first-order valence-electron chi connectivity index (χ1n) is 5.00. The van der Waals surface area contributed by atoms with Crippen molar-refractivity contribution in [1.82, 2.24) is 0 Å². The maximum Gasteiger partial charge on any atom is 0.403 e. The lowest BCUT2D eigenvalue weighted by atomic mass is 10.0. The Balaban J connectivity index is 0.00000400. The van der Waals surface area contributed by atoms with Gasteiger partial charge in [-0.15, -0.1) is 12.4 Å². The van der Waals surface area contributed by atoms with Gasteiger partial charge < -0.3 is 10.8 Å². The van der Waals surface area contributed by atoms with E-state index in [1.165, 1.54) is 0 Å². The second-order valence-electron chi connectivity index (χ2n) is 3.88. The highest BCUT2D eigenvalue weighted by atomic mass is 35.5. The van der Waals surface area contributed by atoms with E-state index in [4.69, 9.17) is 0 Å². The van der Waals surface area contributed by atoms with E-state index in [1.54, 1.807) is 0 Å². The van der Waals surface area contributed by atoms with Gasteiger partial charge in [-0.1, -0.05) is 0 Å². The average Bonchev–Trinajstić information content (AvgIpc) is 2.33. The zero-order valence-electron chi connectivity index (χ0n) is 9.82. The fourth-order valence-corrected chi connectivity index (χ4v) is 1.41. The maximum absolute atomic E-state index is 13.2. The van der Waals surface area contributed by atoms with E-state index in [0.29, 0.717) is 0 Å². The van der Waals surface area contributed by atoms with Gasteiger partial charge in [-0.25, -0.2) is 22.0 Å². The predicted molar refractivity (Wildman–Crippen MR) is 57.1 cm³/mol. The highest BCUT2D eigenvalue weighted by Gasteiger charge is 2.40. The van der Waals surface area contributed by atoms with Crippen LogP contribution >= 0.6 is 12.4 Å². The van der Waals surface area contributed by atoms with Gasteiger partial charge in [-0.2, -0.15) is 13.2 Å². The van der Waals surface area contributed by atoms with Crippen LogP contribution in [0.15, 0.2) is 0 Å². The van der Waals surface area contributed by atoms with Crippen molar-refractivity contribution in [2.24, 2.45) is 5.73 Å². The SMILES string of the molecule is Cl.N[C@H](C[C@H](O)c1c(F)c(F)c(F)c(F)c1F)C(F)(F)F. The van der Waals surface area contributed by atoms with Gasteiger partial charge in [-0.05, 0) is 0 Å². The first-order chi connectivity index (χ1) is 8.98. The van der Waals surface area contributed by atoms with Crippen LogP contribution in [0.5, 0.6) is 0 Å². The Hall–Kier alpha value is -1.13. The lowest BCUT2D eigenvalue weighted by Gasteiger charge is -2.20. The number of rotatable bonds is 3. The molecule has 0 bridgehead atoms. The number of hydrogen-bond donors (Lipinski definition) is 2. The van der Waals surface area contributed by atoms with E-state index in [-0.39, 0.29) is 12.4 Å². The summed E-state index contributed by atoms with van der Waals surface area (Å²) in [6.45, 7) is 0. The lowest BCUT2D eigenvalue weighted by molar-refractivity contribution is -0.154. The fraction of sp³-hybridized carbons (Fsp3) is 0.400. The summed E-state index contributed by atoms with van der Waals surface area (Å²) in [7, 11) is 0. The number of benzene rings is 1. The molecule has 0 radical (unpaired) electrons. The molecular formula is C10H8ClF8NO. The van der Waals surface area contributed by atoms with E-state index in [9.17, 15) is 40.2 Å². The van der Waals surface area contributed by atoms with Gasteiger partial charge in [0.1, 0.15) is 6.04 Å². The Morgan fingerprint density at radius 1 is 0.857 bits per heavy atom. The molecule has 0 aliphatic rings. The summed E-state index contributed by atoms with van der Waals surface area (Å²) in [5.74, 6) is -12.0. The molecule has 122 valence electrons. The van der Waals surface area contributed by atoms with Crippen molar-refractivity contribution in [3.63, 3.8) is 0 Å². The van der Waals surface area contributed by atoms with Crippen LogP contribution in [0, 0.1) is 29.1 Å². The molecule has 1 aromatic carbocycles. The van der Waals surface area contributed by atoms with Crippen molar-refractivity contribution in [2.75, 3.05) is 0 Å². The number of aliphatic hydroxyl groups is 1. The van der Waals surface area contributed by atoms with Crippen molar-refractivity contribution < 1.29 is 40.2 Å². The molecule has 0 unspecified atom stereocenters. The minimum atomic E-state index is -4.99. The van der Waals surface area contributed by atoms with Crippen molar-refractivity contribution in [2.45, 2.75) is 24.7 Å². The number of alkyl halides is 3. The van der Waals surface area contributed by atoms with Gasteiger partial charge in [0.15, 0.2) is 23.3 Å². The quantitative estimate of drug-likeness (QED) is 0.502. The molecule has 0 amide bonds. The van der Waals surface area contributed by atoms with Gasteiger partial charge in [0.2, 0.25) is 5.82 Å². The van der Waals surface area contributed by atoms with Gasteiger partial charge in [0.05, 0.1) is 11.7 Å². The van der Waals surface area contributed by atoms with Crippen LogP contribution in [0.25, 0.3) is 0 Å². The molecule has 1 rings (SSSR count). The van der Waals surface area contributed by atoms with E-state index in [2.05, 4.69) is 5.73 Å². The van der Waals surface area contributed by atoms with E-state index in [0.717, 1.165) is 0 Å². The zero-order chi connectivity index (χ0) is 15.8. The van der Waals surface area contributed by atoms with Crippen LogP contribution in [0.1, 0.15) is 18.1 Å². The van der Waals surface area contributed by atoms with Crippen molar-refractivity contribution in [3.8, 4) is 0 Å². The van der Waals surface area contributed by atoms with Gasteiger partial charge in [-0.3, -0.25) is 0 Å². The first-order valence-corrected chi connectivity index (χ1v) is 5.00. The Kier molecular flexibility index (Phi) is 6.39. The average molecular weight is 346 g/mol. The third kappa shape index (κ3) is 3.95. The van der Waals surface area contributed by atoms with Crippen molar-refractivity contribution in [3.05, 3.63) is 34.6 Å². The van der Waals surface area contributed by atoms with Crippen LogP contribution < -0.4 is 5.73 Å². The van der Waals surface area contributed by atoms with Gasteiger partial charge in [0.25, 0.3) is 0 Å². The Bertz CT molecular complexity index is 492. The maximum atomic E-state index is 13.2. The normalized spacial score (nSPS) is 14.6. The molecule has 3 N–H and O–H groups in total. The fourth-order valence-electron chi connectivity index (χ4n) is 1.41. The monoisotopic (exact) mass is 345 g/mol. The lowest BCUT2D eigenvalue weighted by Crippen LogP contribution is -2.38. The Morgan fingerprint density at radius 3 is 1.52 bits per heavy atom. The van der Waals surface area contributed by atoms with Crippen LogP contribution in [-0.2, 0) is 0 Å². The molecule has 0 saturated heterocycles. The first kappa shape index (κ1) is 19.9. The summed E-state index contributed by atoms with van der Waals surface area (Å²) < 4.78 is 101. The molecule has 1 aromatic rings. The molecule has 21 heavy (non-hydrogen) atoms. The number of hydrogen-bond acceptors (Lipinski definition) is 2. The van der Waals surface area contributed by atoms with Gasteiger partial charge in [0, 0.05) is 6.42 Å². The van der Waals surface area contributed by atoms with Crippen LogP contribution in [-0.4, -0.2) is 17.3 Å². The standard InChI is InChI=1S/C10H7F8NO.ClH/c11-5-4(2(20)1-3(19)10(16,17)18)6(12)8(14)9(15)7(5)13;/h2-3,20H,1,19H2;1H/t2-,3+;/m0./s1. The van der Waals surface area contributed by atoms with E-state index in [1.807, 2.05) is 0 Å². The van der Waals surface area contributed by atoms with Crippen molar-refractivity contribution >= 4 is 12.4 Å². The van der Waals surface area contributed by atoms with E-state index >= 15 is 0 Å². The minimum absolute atomic E-state index is 0. The largest absolute Gasteiger partial charge is 0.403 e. The molecular weight excluding hydrogens is 338 g/mol. The second-order valence-corrected chi connectivity index (χ2v) is 3.88. The van der Waals surface area contributed by atoms with Crippen LogP contribution in [0.3, 0.4) is 0 Å².